The van der Waals surface area contributed by atoms with Gasteiger partial charge in [0.15, 0.2) is 0 Å². The van der Waals surface area contributed by atoms with Gasteiger partial charge in [0.25, 0.3) is 5.91 Å². The Morgan fingerprint density at radius 2 is 1.94 bits per heavy atom. The number of rotatable bonds is 6. The molecular weight excluding hydrogens is 430 g/mol. The normalized spacial score (nSPS) is 12.9. The minimum atomic E-state index is -0.507. The van der Waals surface area contributed by atoms with Crippen LogP contribution in [0, 0.1) is 29.6 Å². The average molecular weight is 454 g/mol. The molecule has 6 heteroatoms. The smallest absolute Gasteiger partial charge is 0.266 e. The standard InChI is InChI=1S/C27H23N3O2S/c1-18-5-4-6-20(13-18)17-32-22-11-9-19(10-12-22)14-21(15-28)26(31)30-27-24(16-29)23-7-2-3-8-25(23)33-27/h4-6,9-14H,2-3,7-8,17H2,1H3,(H,30,31)/b21-14+. The molecule has 0 atom stereocenters. The van der Waals surface area contributed by atoms with Gasteiger partial charge in [0, 0.05) is 4.88 Å². The average Bonchev–Trinajstić information content (AvgIpc) is 3.18. The van der Waals surface area contributed by atoms with Gasteiger partial charge in [-0.05, 0) is 67.5 Å². The molecule has 0 bridgehead atoms. The Morgan fingerprint density at radius 3 is 2.67 bits per heavy atom. The monoisotopic (exact) mass is 453 g/mol. The fourth-order valence-electron chi connectivity index (χ4n) is 3.89. The van der Waals surface area contributed by atoms with Crippen molar-refractivity contribution >= 4 is 28.3 Å². The Morgan fingerprint density at radius 1 is 1.15 bits per heavy atom. The highest BCUT2D eigenvalue weighted by molar-refractivity contribution is 7.16. The highest BCUT2D eigenvalue weighted by atomic mass is 32.1. The lowest BCUT2D eigenvalue weighted by atomic mass is 9.96. The maximum Gasteiger partial charge on any atom is 0.266 e. The number of nitrogens with one attached hydrogen (secondary N) is 1. The summed E-state index contributed by atoms with van der Waals surface area (Å²) in [6, 6.07) is 19.6. The Kier molecular flexibility index (Phi) is 6.88. The molecule has 1 heterocycles. The molecule has 1 N–H and O–H groups in total. The van der Waals surface area contributed by atoms with E-state index in [1.54, 1.807) is 18.2 Å². The minimum Gasteiger partial charge on any atom is -0.489 e. The van der Waals surface area contributed by atoms with E-state index in [0.717, 1.165) is 47.3 Å². The number of fused-ring (bicyclic) bond motifs is 1. The maximum atomic E-state index is 12.8. The molecule has 1 aliphatic rings. The van der Waals surface area contributed by atoms with Crippen molar-refractivity contribution in [3.8, 4) is 17.9 Å². The van der Waals surface area contributed by atoms with E-state index in [1.807, 2.05) is 43.3 Å². The summed E-state index contributed by atoms with van der Waals surface area (Å²) >= 11 is 1.45. The van der Waals surface area contributed by atoms with Gasteiger partial charge in [0.2, 0.25) is 0 Å². The summed E-state index contributed by atoms with van der Waals surface area (Å²) in [5.74, 6) is 0.201. The number of hydrogen-bond acceptors (Lipinski definition) is 5. The van der Waals surface area contributed by atoms with Crippen molar-refractivity contribution in [1.82, 2.24) is 0 Å². The van der Waals surface area contributed by atoms with Gasteiger partial charge in [-0.1, -0.05) is 42.0 Å². The number of anilines is 1. The maximum absolute atomic E-state index is 12.8. The third-order valence-electron chi connectivity index (χ3n) is 5.55. The molecule has 0 spiro atoms. The van der Waals surface area contributed by atoms with Crippen molar-refractivity contribution in [3.63, 3.8) is 0 Å². The van der Waals surface area contributed by atoms with Crippen molar-refractivity contribution < 1.29 is 9.53 Å². The summed E-state index contributed by atoms with van der Waals surface area (Å²) in [4.78, 5) is 13.9. The van der Waals surface area contributed by atoms with Crippen LogP contribution in [-0.4, -0.2) is 5.91 Å². The van der Waals surface area contributed by atoms with Crippen molar-refractivity contribution in [3.05, 3.63) is 86.8 Å². The van der Waals surface area contributed by atoms with Crippen LogP contribution in [0.3, 0.4) is 0 Å². The molecule has 1 aliphatic carbocycles. The zero-order valence-electron chi connectivity index (χ0n) is 18.4. The van der Waals surface area contributed by atoms with Crippen molar-refractivity contribution in [2.75, 3.05) is 5.32 Å². The number of amides is 1. The highest BCUT2D eigenvalue weighted by Crippen LogP contribution is 2.37. The van der Waals surface area contributed by atoms with Crippen LogP contribution in [-0.2, 0) is 24.2 Å². The van der Waals surface area contributed by atoms with Gasteiger partial charge in [-0.25, -0.2) is 0 Å². The van der Waals surface area contributed by atoms with Gasteiger partial charge >= 0.3 is 0 Å². The molecule has 1 amide bonds. The summed E-state index contributed by atoms with van der Waals surface area (Å²) in [7, 11) is 0. The molecule has 1 aromatic heterocycles. The third kappa shape index (κ3) is 5.31. The minimum absolute atomic E-state index is 0.0151. The molecule has 0 fully saturated rings. The Balaban J connectivity index is 1.44. The van der Waals surface area contributed by atoms with E-state index >= 15 is 0 Å². The number of carbonyl (C=O) groups is 1. The van der Waals surface area contributed by atoms with Crippen LogP contribution in [0.1, 0.15) is 45.5 Å². The molecule has 5 nitrogen and oxygen atoms in total. The van der Waals surface area contributed by atoms with Crippen molar-refractivity contribution in [2.24, 2.45) is 0 Å². The van der Waals surface area contributed by atoms with Crippen LogP contribution in [0.5, 0.6) is 5.75 Å². The summed E-state index contributed by atoms with van der Waals surface area (Å²) in [5, 5.41) is 22.4. The first kappa shape index (κ1) is 22.3. The lowest BCUT2D eigenvalue weighted by Gasteiger charge is -2.09. The van der Waals surface area contributed by atoms with Crippen LogP contribution in [0.25, 0.3) is 6.08 Å². The fraction of sp³-hybridized carbons (Fsp3) is 0.222. The second-order valence-electron chi connectivity index (χ2n) is 8.00. The quantitative estimate of drug-likeness (QED) is 0.370. The lowest BCUT2D eigenvalue weighted by molar-refractivity contribution is -0.112. The fourth-order valence-corrected chi connectivity index (χ4v) is 5.12. The zero-order chi connectivity index (χ0) is 23.2. The molecule has 3 aromatic rings. The van der Waals surface area contributed by atoms with E-state index in [9.17, 15) is 15.3 Å². The van der Waals surface area contributed by atoms with E-state index in [0.29, 0.717) is 22.9 Å². The SMILES string of the molecule is Cc1cccc(COc2ccc(/C=C(\C#N)C(=O)Nc3sc4c(c3C#N)CCCC4)cc2)c1. The van der Waals surface area contributed by atoms with Gasteiger partial charge in [0.05, 0.1) is 5.56 Å². The van der Waals surface area contributed by atoms with Crippen LogP contribution in [0.4, 0.5) is 5.00 Å². The summed E-state index contributed by atoms with van der Waals surface area (Å²) in [6.07, 6.45) is 5.49. The second kappa shape index (κ2) is 10.2. The number of benzene rings is 2. The molecule has 2 aromatic carbocycles. The molecule has 0 saturated carbocycles. The van der Waals surface area contributed by atoms with Gasteiger partial charge in [-0.15, -0.1) is 11.3 Å². The molecule has 0 aliphatic heterocycles. The Hall–Kier alpha value is -3.87. The predicted octanol–water partition coefficient (Wildman–Crippen LogP) is 5.93. The van der Waals surface area contributed by atoms with E-state index in [-0.39, 0.29) is 5.57 Å². The molecule has 4 rings (SSSR count). The number of ether oxygens (including phenoxy) is 1. The number of aryl methyl sites for hydroxylation is 2. The van der Waals surface area contributed by atoms with Crippen LogP contribution in [0.15, 0.2) is 54.1 Å². The Labute approximate surface area is 197 Å². The molecule has 0 radical (unpaired) electrons. The number of carbonyl (C=O) groups excluding carboxylic acids is 1. The summed E-state index contributed by atoms with van der Waals surface area (Å²) in [6.45, 7) is 2.51. The number of nitrogens with zero attached hydrogens (tertiary/aromatic N) is 2. The highest BCUT2D eigenvalue weighted by Gasteiger charge is 2.22. The van der Waals surface area contributed by atoms with Crippen LogP contribution < -0.4 is 10.1 Å². The predicted molar refractivity (Wildman–Crippen MR) is 130 cm³/mol. The van der Waals surface area contributed by atoms with E-state index in [2.05, 4.69) is 17.5 Å². The molecular formula is C27H23N3O2S. The topological polar surface area (TPSA) is 85.9 Å². The molecule has 33 heavy (non-hydrogen) atoms. The summed E-state index contributed by atoms with van der Waals surface area (Å²) in [5.41, 5.74) is 4.57. The van der Waals surface area contributed by atoms with E-state index in [1.165, 1.54) is 16.9 Å². The first-order valence-electron chi connectivity index (χ1n) is 10.8. The van der Waals surface area contributed by atoms with E-state index < -0.39 is 5.91 Å². The van der Waals surface area contributed by atoms with Crippen LogP contribution >= 0.6 is 11.3 Å². The first-order chi connectivity index (χ1) is 16.1. The second-order valence-corrected chi connectivity index (χ2v) is 9.10. The number of hydrogen-bond donors (Lipinski definition) is 1. The van der Waals surface area contributed by atoms with Gasteiger partial charge < -0.3 is 10.1 Å². The third-order valence-corrected chi connectivity index (χ3v) is 6.76. The largest absolute Gasteiger partial charge is 0.489 e. The molecule has 0 unspecified atom stereocenters. The molecule has 164 valence electrons. The van der Waals surface area contributed by atoms with E-state index in [4.69, 9.17) is 4.74 Å². The van der Waals surface area contributed by atoms with Gasteiger partial charge in [-0.2, -0.15) is 10.5 Å². The van der Waals surface area contributed by atoms with Gasteiger partial charge in [-0.3, -0.25) is 4.79 Å². The number of nitriles is 2. The van der Waals surface area contributed by atoms with Crippen molar-refractivity contribution in [1.29, 1.82) is 10.5 Å². The summed E-state index contributed by atoms with van der Waals surface area (Å²) < 4.78 is 5.83. The van der Waals surface area contributed by atoms with Gasteiger partial charge in [0.1, 0.15) is 35.1 Å². The number of thiophene rings is 1. The molecule has 0 saturated heterocycles. The first-order valence-corrected chi connectivity index (χ1v) is 11.6. The Bertz CT molecular complexity index is 1290. The zero-order valence-corrected chi connectivity index (χ0v) is 19.2. The van der Waals surface area contributed by atoms with Crippen LogP contribution in [0.2, 0.25) is 0 Å². The van der Waals surface area contributed by atoms with Crippen molar-refractivity contribution in [2.45, 2.75) is 39.2 Å². The lowest BCUT2D eigenvalue weighted by Crippen LogP contribution is -2.13.